The van der Waals surface area contributed by atoms with Gasteiger partial charge in [0.25, 0.3) is 0 Å². The smallest absolute Gasteiger partial charge is 0.416 e. The number of fused-ring (bicyclic) bond motifs is 3. The quantitative estimate of drug-likeness (QED) is 0.223. The highest BCUT2D eigenvalue weighted by Crippen LogP contribution is 2.33. The second-order valence-corrected chi connectivity index (χ2v) is 11.3. The lowest BCUT2D eigenvalue weighted by Gasteiger charge is -2.32. The molecule has 0 bridgehead atoms. The molecule has 8 nitrogen and oxygen atoms in total. The molecule has 0 unspecified atom stereocenters. The van der Waals surface area contributed by atoms with E-state index in [2.05, 4.69) is 10.3 Å². The van der Waals surface area contributed by atoms with E-state index in [0.717, 1.165) is 32.9 Å². The van der Waals surface area contributed by atoms with Crippen molar-refractivity contribution in [1.82, 2.24) is 19.6 Å². The molecular formula is C28H31F3N4O4S. The normalized spacial score (nSPS) is 12.2. The van der Waals surface area contributed by atoms with E-state index in [1.807, 2.05) is 49.6 Å². The van der Waals surface area contributed by atoms with Crippen LogP contribution in [0.5, 0.6) is 0 Å². The van der Waals surface area contributed by atoms with Crippen molar-refractivity contribution in [3.8, 4) is 11.3 Å². The van der Waals surface area contributed by atoms with Crippen LogP contribution in [0.1, 0.15) is 38.3 Å². The van der Waals surface area contributed by atoms with Crippen molar-refractivity contribution in [3.63, 3.8) is 0 Å². The molecule has 0 spiro atoms. The van der Waals surface area contributed by atoms with Crippen LogP contribution in [0, 0.1) is 0 Å². The highest BCUT2D eigenvalue weighted by molar-refractivity contribution is 7.23. The third-order valence-corrected chi connectivity index (χ3v) is 7.39. The summed E-state index contributed by atoms with van der Waals surface area (Å²) in [6.07, 6.45) is -2.70. The van der Waals surface area contributed by atoms with E-state index in [1.54, 1.807) is 0 Å². The van der Waals surface area contributed by atoms with E-state index in [4.69, 9.17) is 4.74 Å². The first-order valence-corrected chi connectivity index (χ1v) is 13.6. The summed E-state index contributed by atoms with van der Waals surface area (Å²) >= 11 is 1.47. The Morgan fingerprint density at radius 1 is 1.10 bits per heavy atom. The Morgan fingerprint density at radius 3 is 2.48 bits per heavy atom. The molecule has 2 aromatic heterocycles. The van der Waals surface area contributed by atoms with Crippen molar-refractivity contribution in [1.29, 1.82) is 0 Å². The van der Waals surface area contributed by atoms with Gasteiger partial charge in [0, 0.05) is 36.8 Å². The topological polar surface area (TPSA) is 96.2 Å². The summed E-state index contributed by atoms with van der Waals surface area (Å²) in [7, 11) is 0. The van der Waals surface area contributed by atoms with Crippen molar-refractivity contribution in [3.05, 3.63) is 59.8 Å². The lowest BCUT2D eigenvalue weighted by Crippen LogP contribution is -2.46. The SMILES string of the molecule is CC(C)(C)N(CCOCCNC(=O)CCc1ccc2c(c1)sc1nc(-c3ccc(C(F)(F)F)cc3)cn12)C(=O)O. The summed E-state index contributed by atoms with van der Waals surface area (Å²) in [5.41, 5.74) is 1.93. The van der Waals surface area contributed by atoms with Crippen LogP contribution in [0.2, 0.25) is 0 Å². The Morgan fingerprint density at radius 2 is 1.82 bits per heavy atom. The Bertz CT molecular complexity index is 1490. The van der Waals surface area contributed by atoms with Gasteiger partial charge in [0.1, 0.15) is 0 Å². The van der Waals surface area contributed by atoms with Gasteiger partial charge in [-0.25, -0.2) is 9.78 Å². The standard InChI is InChI=1S/C28H31F3N4O4S/c1-27(2,3)35(26(37)38)13-15-39-14-12-32-24(36)11-5-18-4-10-22-23(16-18)40-25-33-21(17-34(22)25)19-6-8-20(9-7-19)28(29,30)31/h4,6-10,16-17H,5,11-15H2,1-3H3,(H,32,36)(H,37,38). The van der Waals surface area contributed by atoms with Gasteiger partial charge in [0.2, 0.25) is 5.91 Å². The van der Waals surface area contributed by atoms with Gasteiger partial charge in [0.05, 0.1) is 34.7 Å². The molecule has 4 aromatic rings. The number of imidazole rings is 1. The monoisotopic (exact) mass is 576 g/mol. The van der Waals surface area contributed by atoms with Crippen molar-refractivity contribution in [2.45, 2.75) is 45.3 Å². The summed E-state index contributed by atoms with van der Waals surface area (Å²) in [6, 6.07) is 10.9. The van der Waals surface area contributed by atoms with Gasteiger partial charge in [-0.1, -0.05) is 29.5 Å². The second-order valence-electron chi connectivity index (χ2n) is 10.3. The van der Waals surface area contributed by atoms with E-state index in [-0.39, 0.29) is 19.1 Å². The molecule has 0 saturated carbocycles. The number of amides is 2. The molecule has 12 heteroatoms. The summed E-state index contributed by atoms with van der Waals surface area (Å²) in [4.78, 5) is 30.2. The van der Waals surface area contributed by atoms with Gasteiger partial charge in [-0.15, -0.1) is 0 Å². The van der Waals surface area contributed by atoms with Crippen LogP contribution in [0.25, 0.3) is 26.4 Å². The van der Waals surface area contributed by atoms with Gasteiger partial charge >= 0.3 is 12.3 Å². The third kappa shape index (κ3) is 7.11. The number of nitrogens with one attached hydrogen (secondary N) is 1. The predicted octanol–water partition coefficient (Wildman–Crippen LogP) is 6.08. The fourth-order valence-electron chi connectivity index (χ4n) is 4.25. The average molecular weight is 577 g/mol. The maximum atomic E-state index is 12.9. The molecule has 2 aromatic carbocycles. The van der Waals surface area contributed by atoms with Gasteiger partial charge in [0.15, 0.2) is 4.96 Å². The number of rotatable bonds is 10. The zero-order valence-corrected chi connectivity index (χ0v) is 23.2. The number of carbonyl (C=O) groups is 2. The largest absolute Gasteiger partial charge is 0.465 e. The van der Waals surface area contributed by atoms with Crippen LogP contribution < -0.4 is 5.32 Å². The number of nitrogens with zero attached hydrogens (tertiary/aromatic N) is 3. The summed E-state index contributed by atoms with van der Waals surface area (Å²) in [6.45, 7) is 6.58. The van der Waals surface area contributed by atoms with Crippen LogP contribution >= 0.6 is 11.3 Å². The van der Waals surface area contributed by atoms with E-state index >= 15 is 0 Å². The van der Waals surface area contributed by atoms with Gasteiger partial charge in [-0.2, -0.15) is 13.2 Å². The first-order chi connectivity index (χ1) is 18.8. The second kappa shape index (κ2) is 11.8. The number of alkyl halides is 3. The maximum Gasteiger partial charge on any atom is 0.416 e. The molecule has 0 saturated heterocycles. The lowest BCUT2D eigenvalue weighted by molar-refractivity contribution is -0.137. The Kier molecular flexibility index (Phi) is 8.69. The van der Waals surface area contributed by atoms with E-state index in [0.29, 0.717) is 37.3 Å². The number of halogens is 3. The third-order valence-electron chi connectivity index (χ3n) is 6.38. The van der Waals surface area contributed by atoms with Crippen LogP contribution in [-0.4, -0.2) is 63.2 Å². The number of carboxylic acid groups (broad SMARTS) is 1. The number of ether oxygens (including phenoxy) is 1. The zero-order chi connectivity index (χ0) is 29.1. The fraction of sp³-hybridized carbons (Fsp3) is 0.393. The van der Waals surface area contributed by atoms with Crippen molar-refractivity contribution >= 4 is 38.5 Å². The molecule has 0 fully saturated rings. The molecule has 40 heavy (non-hydrogen) atoms. The number of thiazole rings is 1. The lowest BCUT2D eigenvalue weighted by atomic mass is 10.1. The molecule has 0 aliphatic carbocycles. The minimum Gasteiger partial charge on any atom is -0.465 e. The van der Waals surface area contributed by atoms with Crippen molar-refractivity contribution < 1.29 is 32.6 Å². The molecule has 4 rings (SSSR count). The molecule has 2 amide bonds. The molecule has 0 atom stereocenters. The Labute approximate surface area is 233 Å². The van der Waals surface area contributed by atoms with Gasteiger partial charge in [-0.3, -0.25) is 9.20 Å². The van der Waals surface area contributed by atoms with Crippen LogP contribution in [0.15, 0.2) is 48.7 Å². The Balaban J connectivity index is 1.26. The number of hydrogen-bond donors (Lipinski definition) is 2. The van der Waals surface area contributed by atoms with Crippen molar-refractivity contribution in [2.24, 2.45) is 0 Å². The van der Waals surface area contributed by atoms with E-state index in [9.17, 15) is 27.9 Å². The van der Waals surface area contributed by atoms with E-state index < -0.39 is 23.4 Å². The van der Waals surface area contributed by atoms with Gasteiger partial charge < -0.3 is 20.1 Å². The first-order valence-electron chi connectivity index (χ1n) is 12.8. The minimum absolute atomic E-state index is 0.104. The van der Waals surface area contributed by atoms with Crippen molar-refractivity contribution in [2.75, 3.05) is 26.3 Å². The number of aromatic nitrogens is 2. The molecule has 0 aliphatic heterocycles. The maximum absolute atomic E-state index is 12.9. The highest BCUT2D eigenvalue weighted by Gasteiger charge is 2.30. The molecular weight excluding hydrogens is 545 g/mol. The number of carbonyl (C=O) groups excluding carboxylic acids is 1. The minimum atomic E-state index is -4.38. The fourth-order valence-corrected chi connectivity index (χ4v) is 5.33. The molecule has 2 N–H and O–H groups in total. The summed E-state index contributed by atoms with van der Waals surface area (Å²) in [5.74, 6) is -0.104. The predicted molar refractivity (Wildman–Crippen MR) is 148 cm³/mol. The molecule has 0 radical (unpaired) electrons. The first kappa shape index (κ1) is 29.3. The van der Waals surface area contributed by atoms with E-state index in [1.165, 1.54) is 28.4 Å². The van der Waals surface area contributed by atoms with Gasteiger partial charge in [-0.05, 0) is 57.0 Å². The van der Waals surface area contributed by atoms with Crippen LogP contribution in [-0.2, 0) is 22.1 Å². The molecule has 2 heterocycles. The number of benzene rings is 2. The molecule has 0 aliphatic rings. The zero-order valence-electron chi connectivity index (χ0n) is 22.4. The summed E-state index contributed by atoms with van der Waals surface area (Å²) in [5, 5.41) is 12.1. The van der Waals surface area contributed by atoms with Crippen LogP contribution in [0.3, 0.4) is 0 Å². The number of aryl methyl sites for hydroxylation is 1. The number of hydrogen-bond acceptors (Lipinski definition) is 5. The summed E-state index contributed by atoms with van der Waals surface area (Å²) < 4.78 is 46.9. The highest BCUT2D eigenvalue weighted by atomic mass is 32.1. The average Bonchev–Trinajstić information content (AvgIpc) is 3.43. The van der Waals surface area contributed by atoms with Crippen LogP contribution in [0.4, 0.5) is 18.0 Å². The molecule has 214 valence electrons. The Hall–Kier alpha value is -3.64.